The van der Waals surface area contributed by atoms with E-state index < -0.39 is 16.6 Å². The van der Waals surface area contributed by atoms with E-state index in [1.54, 1.807) is 6.92 Å². The molecule has 0 amide bonds. The quantitative estimate of drug-likeness (QED) is 0.0904. The highest BCUT2D eigenvalue weighted by Crippen LogP contribution is 2.16. The summed E-state index contributed by atoms with van der Waals surface area (Å²) in [5.41, 5.74) is 0.439. The highest BCUT2D eigenvalue weighted by Gasteiger charge is 2.41. The summed E-state index contributed by atoms with van der Waals surface area (Å²) in [7, 11) is -3.62. The third-order valence-electron chi connectivity index (χ3n) is 5.95. The topological polar surface area (TPSA) is 44.8 Å². The average Bonchev–Trinajstić information content (AvgIpc) is 2.92. The number of rotatable bonds is 15. The first kappa shape index (κ1) is 29.2. The van der Waals surface area contributed by atoms with Gasteiger partial charge in [-0.1, -0.05) is 97.6 Å². The van der Waals surface area contributed by atoms with E-state index in [4.69, 9.17) is 13.0 Å². The van der Waals surface area contributed by atoms with Crippen molar-refractivity contribution >= 4 is 57.7 Å². The number of carbonyl (C=O) groups is 1. The molecule has 8 heteroatoms. The molecule has 0 spiro atoms. The SMILES string of the molecule is C=C(C)C(=O)OCCC[Si]O[Si](C)(C)CC[Si]O[Si](c1ccccc1)(c1ccccc1)c1ccccc1. The second kappa shape index (κ2) is 14.6. The van der Waals surface area contributed by atoms with Crippen LogP contribution in [0.25, 0.3) is 0 Å². The summed E-state index contributed by atoms with van der Waals surface area (Å²) in [6, 6.07) is 35.1. The molecule has 3 aromatic carbocycles. The third kappa shape index (κ3) is 8.59. The molecule has 0 aliphatic rings. The molecule has 37 heavy (non-hydrogen) atoms. The molecule has 0 saturated heterocycles. The molecule has 3 rings (SSSR count). The van der Waals surface area contributed by atoms with Gasteiger partial charge in [0.05, 0.1) is 6.61 Å². The van der Waals surface area contributed by atoms with Crippen molar-refractivity contribution in [3.63, 3.8) is 0 Å². The van der Waals surface area contributed by atoms with Gasteiger partial charge in [0, 0.05) is 5.57 Å². The fourth-order valence-corrected chi connectivity index (χ4v) is 15.1. The highest BCUT2D eigenvalue weighted by molar-refractivity contribution is 7.08. The molecule has 0 aliphatic heterocycles. The van der Waals surface area contributed by atoms with Crippen LogP contribution >= 0.6 is 0 Å². The molecule has 0 heterocycles. The maximum Gasteiger partial charge on any atom is 0.333 e. The normalized spacial score (nSPS) is 11.8. The lowest BCUT2D eigenvalue weighted by molar-refractivity contribution is -0.138. The van der Waals surface area contributed by atoms with E-state index >= 15 is 0 Å². The van der Waals surface area contributed by atoms with Crippen LogP contribution in [0.5, 0.6) is 0 Å². The van der Waals surface area contributed by atoms with E-state index in [2.05, 4.69) is 111 Å². The molecular formula is C29H36O4Si4. The monoisotopic (exact) mass is 560 g/mol. The Morgan fingerprint density at radius 2 is 1.22 bits per heavy atom. The average molecular weight is 561 g/mol. The lowest BCUT2D eigenvalue weighted by atomic mass is 10.3. The minimum Gasteiger partial charge on any atom is -0.462 e. The molecule has 3 aromatic rings. The van der Waals surface area contributed by atoms with Gasteiger partial charge >= 0.3 is 5.97 Å². The van der Waals surface area contributed by atoms with E-state index in [1.165, 1.54) is 15.6 Å². The van der Waals surface area contributed by atoms with Gasteiger partial charge in [-0.05, 0) is 60.1 Å². The number of benzene rings is 3. The Morgan fingerprint density at radius 1 is 0.757 bits per heavy atom. The Balaban J connectivity index is 1.62. The molecule has 0 bridgehead atoms. The number of hydrogen-bond acceptors (Lipinski definition) is 4. The molecule has 0 saturated carbocycles. The molecule has 0 aromatic heterocycles. The van der Waals surface area contributed by atoms with Gasteiger partial charge < -0.3 is 13.0 Å². The van der Waals surface area contributed by atoms with Crippen LogP contribution in [0.1, 0.15) is 13.3 Å². The number of carbonyl (C=O) groups excluding carboxylic acids is 1. The molecule has 192 valence electrons. The Morgan fingerprint density at radius 3 is 1.68 bits per heavy atom. The van der Waals surface area contributed by atoms with Crippen LogP contribution in [0, 0.1) is 0 Å². The summed E-state index contributed by atoms with van der Waals surface area (Å²) in [5.74, 6) is -0.318. The molecule has 0 fully saturated rings. The minimum absolute atomic E-state index is 0.318. The van der Waals surface area contributed by atoms with Crippen molar-refractivity contribution in [3.8, 4) is 0 Å². The van der Waals surface area contributed by atoms with Crippen LogP contribution < -0.4 is 15.6 Å². The summed E-state index contributed by atoms with van der Waals surface area (Å²) in [4.78, 5) is 11.5. The molecule has 0 N–H and O–H groups in total. The van der Waals surface area contributed by atoms with E-state index in [0.717, 1.165) is 24.6 Å². The molecule has 4 nitrogen and oxygen atoms in total. The highest BCUT2D eigenvalue weighted by atomic mass is 28.4. The van der Waals surface area contributed by atoms with Crippen molar-refractivity contribution < 1.29 is 17.8 Å². The van der Waals surface area contributed by atoms with E-state index in [9.17, 15) is 4.79 Å². The van der Waals surface area contributed by atoms with Crippen LogP contribution in [0.15, 0.2) is 103 Å². The van der Waals surface area contributed by atoms with E-state index in [0.29, 0.717) is 31.7 Å². The minimum atomic E-state index is -2.64. The zero-order valence-corrected chi connectivity index (χ0v) is 26.0. The number of esters is 1. The van der Waals surface area contributed by atoms with Gasteiger partial charge in [-0.25, -0.2) is 4.79 Å². The van der Waals surface area contributed by atoms with E-state index in [-0.39, 0.29) is 5.97 Å². The maximum absolute atomic E-state index is 11.5. The molecule has 4 radical (unpaired) electrons. The standard InChI is InChI=1S/C29H36O4Si4/c1-25(2)29(30)31-21-14-22-34-32-36(3,4)24-23-35-33-37(26-15-8-5-9-16-26,27-17-10-6-11-18-27)28-19-12-7-13-20-28/h5-13,15-20H,1,14,21-24H2,2-4H3. The summed E-state index contributed by atoms with van der Waals surface area (Å²) < 4.78 is 18.6. The van der Waals surface area contributed by atoms with Crippen molar-refractivity contribution in [2.75, 3.05) is 6.61 Å². The van der Waals surface area contributed by atoms with Gasteiger partial charge in [-0.3, -0.25) is 0 Å². The summed E-state index contributed by atoms with van der Waals surface area (Å²) >= 11 is 0. The van der Waals surface area contributed by atoms with Crippen LogP contribution in [0.2, 0.25) is 31.2 Å². The van der Waals surface area contributed by atoms with Gasteiger partial charge in [-0.15, -0.1) is 0 Å². The fourth-order valence-electron chi connectivity index (χ4n) is 3.94. The van der Waals surface area contributed by atoms with Crippen molar-refractivity contribution in [3.05, 3.63) is 103 Å². The van der Waals surface area contributed by atoms with Crippen molar-refractivity contribution in [1.29, 1.82) is 0 Å². The Kier molecular flexibility index (Phi) is 11.5. The van der Waals surface area contributed by atoms with Crippen LogP contribution in [-0.2, 0) is 17.8 Å². The van der Waals surface area contributed by atoms with Gasteiger partial charge in [0.25, 0.3) is 8.32 Å². The van der Waals surface area contributed by atoms with Crippen molar-refractivity contribution in [2.45, 2.75) is 44.6 Å². The fraction of sp³-hybridized carbons (Fsp3) is 0.276. The predicted molar refractivity (Wildman–Crippen MR) is 160 cm³/mol. The van der Waals surface area contributed by atoms with Crippen molar-refractivity contribution in [1.82, 2.24) is 0 Å². The number of hydrogen-bond donors (Lipinski definition) is 0. The zero-order chi connectivity index (χ0) is 26.6. The molecule has 0 aliphatic carbocycles. The first-order chi connectivity index (χ1) is 17.8. The number of ether oxygens (including phenoxy) is 1. The first-order valence-electron chi connectivity index (χ1n) is 12.7. The van der Waals surface area contributed by atoms with Crippen LogP contribution in [0.4, 0.5) is 0 Å². The van der Waals surface area contributed by atoms with Gasteiger partial charge in [0.2, 0.25) is 19.5 Å². The predicted octanol–water partition coefficient (Wildman–Crippen LogP) is 4.48. The molecule has 0 atom stereocenters. The summed E-state index contributed by atoms with van der Waals surface area (Å²) in [6.45, 7) is 10.3. The van der Waals surface area contributed by atoms with Gasteiger partial charge in [0.1, 0.15) is 0 Å². The second-order valence-electron chi connectivity index (χ2n) is 9.55. The Hall–Kier alpha value is -2.34. The molecule has 0 unspecified atom stereocenters. The zero-order valence-electron chi connectivity index (χ0n) is 22.0. The summed E-state index contributed by atoms with van der Waals surface area (Å²) in [5, 5.41) is 3.80. The second-order valence-corrected chi connectivity index (χ2v) is 19.9. The maximum atomic E-state index is 11.5. The summed E-state index contributed by atoms with van der Waals surface area (Å²) in [6.07, 6.45) is 0.812. The lowest BCUT2D eigenvalue weighted by Crippen LogP contribution is -2.69. The largest absolute Gasteiger partial charge is 0.462 e. The molecular weight excluding hydrogens is 525 g/mol. The van der Waals surface area contributed by atoms with Crippen molar-refractivity contribution in [2.24, 2.45) is 0 Å². The Bertz CT molecular complexity index is 1010. The first-order valence-corrected chi connectivity index (χ1v) is 19.9. The smallest absolute Gasteiger partial charge is 0.333 e. The van der Waals surface area contributed by atoms with Crippen LogP contribution in [-0.4, -0.2) is 48.7 Å². The Labute approximate surface area is 229 Å². The van der Waals surface area contributed by atoms with Gasteiger partial charge in [-0.2, -0.15) is 0 Å². The lowest BCUT2D eigenvalue weighted by Gasteiger charge is -2.33. The third-order valence-corrected chi connectivity index (χ3v) is 16.9. The van der Waals surface area contributed by atoms with Gasteiger partial charge in [0.15, 0.2) is 8.32 Å². The van der Waals surface area contributed by atoms with E-state index in [1.807, 2.05) is 0 Å². The van der Waals surface area contributed by atoms with Crippen LogP contribution in [0.3, 0.4) is 0 Å².